The molecule has 8 atom stereocenters. The van der Waals surface area contributed by atoms with Gasteiger partial charge in [0.15, 0.2) is 12.6 Å². The first kappa shape index (κ1) is 22.4. The van der Waals surface area contributed by atoms with Crippen LogP contribution in [0, 0.1) is 17.3 Å². The molecule has 2 saturated heterocycles. The summed E-state index contributed by atoms with van der Waals surface area (Å²) >= 11 is 0. The van der Waals surface area contributed by atoms with Gasteiger partial charge in [0.2, 0.25) is 0 Å². The fourth-order valence-corrected chi connectivity index (χ4v) is 8.06. The minimum absolute atomic E-state index is 0.0367. The fourth-order valence-electron chi connectivity index (χ4n) is 8.06. The van der Waals surface area contributed by atoms with Gasteiger partial charge in [0.05, 0.1) is 12.7 Å². The van der Waals surface area contributed by atoms with Gasteiger partial charge in [-0.25, -0.2) is 0 Å². The Morgan fingerprint density at radius 3 is 2.42 bits per heavy atom. The van der Waals surface area contributed by atoms with Crippen molar-refractivity contribution in [3.8, 4) is 5.75 Å². The number of rotatable bonds is 4. The quantitative estimate of drug-likeness (QED) is 0.495. The van der Waals surface area contributed by atoms with Crippen LogP contribution in [0.4, 0.5) is 0 Å². The lowest BCUT2D eigenvalue weighted by molar-refractivity contribution is -0.213. The Bertz CT molecular complexity index is 827. The summed E-state index contributed by atoms with van der Waals surface area (Å²) in [6, 6.07) is 6.94. The lowest BCUT2D eigenvalue weighted by Gasteiger charge is -2.52. The van der Waals surface area contributed by atoms with E-state index in [-0.39, 0.29) is 12.6 Å². The molecule has 2 saturated carbocycles. The van der Waals surface area contributed by atoms with E-state index >= 15 is 0 Å². The standard InChI is InChI=1S/C29H42O4/c1-19-17-24-22(21-10-9-20(18-23(19)21)32-27-7-3-5-15-30-27)13-14-29(2)25(24)11-12-26(29)33-28-8-4-6-16-31-28/h9-10,18-19,22,24-28H,3-8,11-17H2,1-2H3/t19-,22?,24?,25?,26+,27?,28?,29+/m1/s1. The first-order valence-electron chi connectivity index (χ1n) is 13.8. The van der Waals surface area contributed by atoms with E-state index in [1.807, 2.05) is 0 Å². The molecule has 182 valence electrons. The number of hydrogen-bond acceptors (Lipinski definition) is 4. The molecule has 0 N–H and O–H groups in total. The van der Waals surface area contributed by atoms with Crippen LogP contribution in [0.15, 0.2) is 18.2 Å². The molecular weight excluding hydrogens is 412 g/mol. The molecule has 4 heteroatoms. The molecule has 1 aromatic carbocycles. The van der Waals surface area contributed by atoms with Gasteiger partial charge in [-0.1, -0.05) is 19.9 Å². The number of hydrogen-bond donors (Lipinski definition) is 0. The highest BCUT2D eigenvalue weighted by molar-refractivity contribution is 5.43. The van der Waals surface area contributed by atoms with E-state index in [2.05, 4.69) is 32.0 Å². The second-order valence-electron chi connectivity index (χ2n) is 11.8. The third-order valence-electron chi connectivity index (χ3n) is 9.82. The Morgan fingerprint density at radius 2 is 1.67 bits per heavy atom. The van der Waals surface area contributed by atoms with E-state index < -0.39 is 0 Å². The molecule has 5 unspecified atom stereocenters. The zero-order valence-electron chi connectivity index (χ0n) is 20.6. The topological polar surface area (TPSA) is 36.9 Å². The van der Waals surface area contributed by atoms with Crippen LogP contribution in [-0.2, 0) is 14.2 Å². The van der Waals surface area contributed by atoms with Gasteiger partial charge >= 0.3 is 0 Å². The lowest BCUT2D eigenvalue weighted by Crippen LogP contribution is -2.46. The molecule has 1 aromatic rings. The van der Waals surface area contributed by atoms with E-state index in [1.54, 1.807) is 5.56 Å². The molecule has 2 aliphatic heterocycles. The highest BCUT2D eigenvalue weighted by atomic mass is 16.7. The molecule has 4 fully saturated rings. The largest absolute Gasteiger partial charge is 0.465 e. The summed E-state index contributed by atoms with van der Waals surface area (Å²) in [5.41, 5.74) is 3.42. The molecule has 6 rings (SSSR count). The summed E-state index contributed by atoms with van der Waals surface area (Å²) in [4.78, 5) is 0. The number of benzene rings is 1. The lowest BCUT2D eigenvalue weighted by atomic mass is 9.54. The van der Waals surface area contributed by atoms with Crippen LogP contribution < -0.4 is 4.74 Å². The van der Waals surface area contributed by atoms with Crippen molar-refractivity contribution in [1.82, 2.24) is 0 Å². The summed E-state index contributed by atoms with van der Waals surface area (Å²) < 4.78 is 24.6. The maximum absolute atomic E-state index is 6.64. The smallest absolute Gasteiger partial charge is 0.199 e. The second-order valence-corrected chi connectivity index (χ2v) is 11.8. The molecule has 2 heterocycles. The van der Waals surface area contributed by atoms with Gasteiger partial charge in [-0.3, -0.25) is 0 Å². The summed E-state index contributed by atoms with van der Waals surface area (Å²) in [5.74, 6) is 3.82. The molecule has 33 heavy (non-hydrogen) atoms. The van der Waals surface area contributed by atoms with Crippen molar-refractivity contribution in [3.05, 3.63) is 29.3 Å². The monoisotopic (exact) mass is 454 g/mol. The van der Waals surface area contributed by atoms with Crippen molar-refractivity contribution in [2.45, 2.75) is 115 Å². The Balaban J connectivity index is 1.19. The van der Waals surface area contributed by atoms with Crippen LogP contribution in [0.25, 0.3) is 0 Å². The second kappa shape index (κ2) is 9.17. The molecule has 0 radical (unpaired) electrons. The Labute approximate surface area is 199 Å². The van der Waals surface area contributed by atoms with E-state index in [1.165, 1.54) is 56.9 Å². The summed E-state index contributed by atoms with van der Waals surface area (Å²) in [6.07, 6.45) is 13.6. The maximum atomic E-state index is 6.64. The van der Waals surface area contributed by atoms with E-state index in [0.717, 1.165) is 50.1 Å². The Kier molecular flexibility index (Phi) is 6.21. The molecule has 0 bridgehead atoms. The summed E-state index contributed by atoms with van der Waals surface area (Å²) in [7, 11) is 0. The van der Waals surface area contributed by atoms with Gasteiger partial charge < -0.3 is 18.9 Å². The van der Waals surface area contributed by atoms with Crippen molar-refractivity contribution < 1.29 is 18.9 Å². The Morgan fingerprint density at radius 1 is 0.879 bits per heavy atom. The first-order valence-corrected chi connectivity index (χ1v) is 13.8. The molecule has 0 spiro atoms. The van der Waals surface area contributed by atoms with Crippen LogP contribution in [-0.4, -0.2) is 31.9 Å². The van der Waals surface area contributed by atoms with Crippen molar-refractivity contribution in [3.63, 3.8) is 0 Å². The third kappa shape index (κ3) is 4.15. The van der Waals surface area contributed by atoms with E-state index in [4.69, 9.17) is 18.9 Å². The van der Waals surface area contributed by atoms with Gasteiger partial charge in [0, 0.05) is 13.0 Å². The predicted octanol–water partition coefficient (Wildman–Crippen LogP) is 6.92. The zero-order chi connectivity index (χ0) is 22.4. The number of fused-ring (bicyclic) bond motifs is 5. The Hall–Kier alpha value is -1.10. The highest BCUT2D eigenvalue weighted by Crippen LogP contribution is 2.63. The van der Waals surface area contributed by atoms with Crippen molar-refractivity contribution in [1.29, 1.82) is 0 Å². The van der Waals surface area contributed by atoms with E-state index in [9.17, 15) is 0 Å². The van der Waals surface area contributed by atoms with Crippen LogP contribution in [0.5, 0.6) is 5.75 Å². The molecular formula is C29H42O4. The summed E-state index contributed by atoms with van der Waals surface area (Å²) in [5, 5.41) is 0. The minimum Gasteiger partial charge on any atom is -0.465 e. The molecule has 5 aliphatic rings. The maximum Gasteiger partial charge on any atom is 0.199 e. The van der Waals surface area contributed by atoms with Crippen LogP contribution in [0.2, 0.25) is 0 Å². The van der Waals surface area contributed by atoms with Crippen LogP contribution in [0.3, 0.4) is 0 Å². The average Bonchev–Trinajstić information content (AvgIpc) is 3.17. The fraction of sp³-hybridized carbons (Fsp3) is 0.793. The molecule has 4 nitrogen and oxygen atoms in total. The van der Waals surface area contributed by atoms with Gasteiger partial charge in [-0.05, 0) is 117 Å². The molecule has 3 aliphatic carbocycles. The third-order valence-corrected chi connectivity index (χ3v) is 9.82. The average molecular weight is 455 g/mol. The first-order chi connectivity index (χ1) is 16.1. The van der Waals surface area contributed by atoms with Crippen molar-refractivity contribution >= 4 is 0 Å². The SMILES string of the molecule is C[C@@H]1CC2C(CC[C@@]3(C)C2CC[C@@H]3OC2CCCCO2)c2ccc(OC3CCCCO3)cc21. The van der Waals surface area contributed by atoms with Gasteiger partial charge in [0.25, 0.3) is 0 Å². The highest BCUT2D eigenvalue weighted by Gasteiger charge is 2.56. The molecule has 0 amide bonds. The van der Waals surface area contributed by atoms with Crippen LogP contribution >= 0.6 is 0 Å². The normalized spacial score (nSPS) is 42.8. The minimum atomic E-state index is -0.0672. The van der Waals surface area contributed by atoms with Crippen LogP contribution in [0.1, 0.15) is 107 Å². The van der Waals surface area contributed by atoms with Crippen molar-refractivity contribution in [2.24, 2.45) is 17.3 Å². The van der Waals surface area contributed by atoms with Gasteiger partial charge in [-0.2, -0.15) is 0 Å². The zero-order valence-corrected chi connectivity index (χ0v) is 20.6. The van der Waals surface area contributed by atoms with Gasteiger partial charge in [0.1, 0.15) is 5.75 Å². The predicted molar refractivity (Wildman–Crippen MR) is 128 cm³/mol. The summed E-state index contributed by atoms with van der Waals surface area (Å²) in [6.45, 7) is 6.67. The number of ether oxygens (including phenoxy) is 4. The van der Waals surface area contributed by atoms with E-state index in [0.29, 0.717) is 23.4 Å². The van der Waals surface area contributed by atoms with Crippen molar-refractivity contribution in [2.75, 3.05) is 13.2 Å². The molecule has 0 aromatic heterocycles. The van der Waals surface area contributed by atoms with Gasteiger partial charge in [-0.15, -0.1) is 0 Å².